The van der Waals surface area contributed by atoms with Gasteiger partial charge >= 0.3 is 0 Å². The van der Waals surface area contributed by atoms with Gasteiger partial charge in [-0.25, -0.2) is 0 Å². The third-order valence-electron chi connectivity index (χ3n) is 4.17. The SMILES string of the molecule is CC1(Cc2ccc(Br)cc2)CCN(CCC=O)CC1. The molecule has 19 heavy (non-hydrogen) atoms. The smallest absolute Gasteiger partial charge is 0.121 e. The molecule has 104 valence electrons. The molecule has 2 nitrogen and oxygen atoms in total. The molecule has 2 rings (SSSR count). The van der Waals surface area contributed by atoms with Crippen molar-refractivity contribution < 1.29 is 4.79 Å². The fourth-order valence-corrected chi connectivity index (χ4v) is 3.09. The van der Waals surface area contributed by atoms with Crippen molar-refractivity contribution in [1.29, 1.82) is 0 Å². The van der Waals surface area contributed by atoms with Gasteiger partial charge in [-0.05, 0) is 55.5 Å². The lowest BCUT2D eigenvalue weighted by Crippen LogP contribution is -2.40. The van der Waals surface area contributed by atoms with Gasteiger partial charge in [0, 0.05) is 17.4 Å². The monoisotopic (exact) mass is 323 g/mol. The molecule has 1 fully saturated rings. The van der Waals surface area contributed by atoms with Gasteiger partial charge in [0.1, 0.15) is 6.29 Å². The van der Waals surface area contributed by atoms with Crippen molar-refractivity contribution in [3.8, 4) is 0 Å². The molecule has 0 saturated carbocycles. The van der Waals surface area contributed by atoms with Crippen molar-refractivity contribution in [2.45, 2.75) is 32.6 Å². The van der Waals surface area contributed by atoms with E-state index in [9.17, 15) is 4.79 Å². The first-order valence-corrected chi connectivity index (χ1v) is 7.81. The van der Waals surface area contributed by atoms with Gasteiger partial charge in [0.2, 0.25) is 0 Å². The summed E-state index contributed by atoms with van der Waals surface area (Å²) in [6.45, 7) is 5.58. The number of piperidine rings is 1. The molecule has 1 aliphatic heterocycles. The summed E-state index contributed by atoms with van der Waals surface area (Å²) in [5, 5.41) is 0. The number of aldehydes is 1. The highest BCUT2D eigenvalue weighted by atomic mass is 79.9. The van der Waals surface area contributed by atoms with Crippen LogP contribution < -0.4 is 0 Å². The van der Waals surface area contributed by atoms with Gasteiger partial charge in [-0.3, -0.25) is 0 Å². The van der Waals surface area contributed by atoms with Crippen molar-refractivity contribution in [1.82, 2.24) is 4.90 Å². The van der Waals surface area contributed by atoms with Crippen molar-refractivity contribution in [3.05, 3.63) is 34.3 Å². The largest absolute Gasteiger partial charge is 0.303 e. The van der Waals surface area contributed by atoms with E-state index in [1.165, 1.54) is 18.4 Å². The summed E-state index contributed by atoms with van der Waals surface area (Å²) in [5.41, 5.74) is 1.83. The molecule has 3 heteroatoms. The van der Waals surface area contributed by atoms with E-state index < -0.39 is 0 Å². The molecule has 1 heterocycles. The van der Waals surface area contributed by atoms with Crippen LogP contribution in [0.25, 0.3) is 0 Å². The summed E-state index contributed by atoms with van der Waals surface area (Å²) in [6.07, 6.45) is 5.30. The van der Waals surface area contributed by atoms with Crippen LogP contribution in [0.15, 0.2) is 28.7 Å². The Morgan fingerprint density at radius 2 is 1.89 bits per heavy atom. The van der Waals surface area contributed by atoms with Gasteiger partial charge < -0.3 is 9.69 Å². The number of benzene rings is 1. The molecule has 0 unspecified atom stereocenters. The number of rotatable bonds is 5. The Morgan fingerprint density at radius 1 is 1.26 bits per heavy atom. The topological polar surface area (TPSA) is 20.3 Å². The number of carbonyl (C=O) groups is 1. The Morgan fingerprint density at radius 3 is 2.47 bits per heavy atom. The molecular weight excluding hydrogens is 302 g/mol. The second-order valence-electron chi connectivity index (χ2n) is 5.91. The van der Waals surface area contributed by atoms with Gasteiger partial charge in [-0.1, -0.05) is 35.0 Å². The Bertz CT molecular complexity index is 407. The molecule has 0 spiro atoms. The van der Waals surface area contributed by atoms with Crippen LogP contribution in [0.1, 0.15) is 31.7 Å². The van der Waals surface area contributed by atoms with Crippen molar-refractivity contribution in [3.63, 3.8) is 0 Å². The third kappa shape index (κ3) is 4.43. The number of carbonyl (C=O) groups excluding carboxylic acids is 1. The van der Waals surface area contributed by atoms with E-state index in [2.05, 4.69) is 52.0 Å². The first-order chi connectivity index (χ1) is 9.11. The molecule has 0 N–H and O–H groups in total. The Labute approximate surface area is 124 Å². The highest BCUT2D eigenvalue weighted by Gasteiger charge is 2.29. The van der Waals surface area contributed by atoms with Gasteiger partial charge in [0.05, 0.1) is 0 Å². The average Bonchev–Trinajstić information content (AvgIpc) is 2.41. The molecular formula is C16H22BrNO. The molecule has 0 amide bonds. The highest BCUT2D eigenvalue weighted by Crippen LogP contribution is 2.34. The van der Waals surface area contributed by atoms with E-state index in [0.29, 0.717) is 11.8 Å². The normalized spacial score (nSPS) is 19.3. The first kappa shape index (κ1) is 14.7. The average molecular weight is 324 g/mol. The van der Waals surface area contributed by atoms with Crippen LogP contribution in [0.4, 0.5) is 0 Å². The highest BCUT2D eigenvalue weighted by molar-refractivity contribution is 9.10. The summed E-state index contributed by atoms with van der Waals surface area (Å²) < 4.78 is 1.14. The maximum atomic E-state index is 10.4. The minimum Gasteiger partial charge on any atom is -0.303 e. The van der Waals surface area contributed by atoms with Crippen molar-refractivity contribution in [2.75, 3.05) is 19.6 Å². The molecule has 0 atom stereocenters. The predicted octanol–water partition coefficient (Wildman–Crippen LogP) is 3.68. The van der Waals surface area contributed by atoms with Crippen molar-refractivity contribution in [2.24, 2.45) is 5.41 Å². The van der Waals surface area contributed by atoms with Crippen LogP contribution in [0.3, 0.4) is 0 Å². The second kappa shape index (κ2) is 6.67. The lowest BCUT2D eigenvalue weighted by Gasteiger charge is -2.39. The lowest BCUT2D eigenvalue weighted by molar-refractivity contribution is -0.108. The fourth-order valence-electron chi connectivity index (χ4n) is 2.82. The number of hydrogen-bond acceptors (Lipinski definition) is 2. The van der Waals surface area contributed by atoms with E-state index in [1.807, 2.05) is 0 Å². The van der Waals surface area contributed by atoms with Gasteiger partial charge in [0.25, 0.3) is 0 Å². The zero-order valence-corrected chi connectivity index (χ0v) is 13.2. The molecule has 1 aromatic carbocycles. The van der Waals surface area contributed by atoms with E-state index in [1.54, 1.807) is 0 Å². The van der Waals surface area contributed by atoms with Crippen LogP contribution in [0, 0.1) is 5.41 Å². The minimum atomic E-state index is 0.408. The summed E-state index contributed by atoms with van der Waals surface area (Å²) in [5.74, 6) is 0. The summed E-state index contributed by atoms with van der Waals surface area (Å²) in [7, 11) is 0. The lowest BCUT2D eigenvalue weighted by atomic mass is 9.75. The minimum absolute atomic E-state index is 0.408. The molecule has 1 aliphatic rings. The Balaban J connectivity index is 1.87. The van der Waals surface area contributed by atoms with Crippen LogP contribution in [0.5, 0.6) is 0 Å². The van der Waals surface area contributed by atoms with E-state index in [4.69, 9.17) is 0 Å². The van der Waals surface area contributed by atoms with Gasteiger partial charge in [-0.15, -0.1) is 0 Å². The summed E-state index contributed by atoms with van der Waals surface area (Å²) >= 11 is 3.48. The van der Waals surface area contributed by atoms with Crippen LogP contribution in [-0.2, 0) is 11.2 Å². The first-order valence-electron chi connectivity index (χ1n) is 7.02. The van der Waals surface area contributed by atoms with Crippen LogP contribution >= 0.6 is 15.9 Å². The zero-order chi connectivity index (χ0) is 13.7. The molecule has 0 aromatic heterocycles. The number of nitrogens with zero attached hydrogens (tertiary/aromatic N) is 1. The zero-order valence-electron chi connectivity index (χ0n) is 11.6. The molecule has 0 radical (unpaired) electrons. The quantitative estimate of drug-likeness (QED) is 0.770. The molecule has 0 bridgehead atoms. The van der Waals surface area contributed by atoms with E-state index in [-0.39, 0.29) is 0 Å². The Hall–Kier alpha value is -0.670. The van der Waals surface area contributed by atoms with Crippen LogP contribution in [0.2, 0.25) is 0 Å². The molecule has 0 aliphatic carbocycles. The van der Waals surface area contributed by atoms with Gasteiger partial charge in [-0.2, -0.15) is 0 Å². The standard InChI is InChI=1S/C16H22BrNO/c1-16(13-14-3-5-15(17)6-4-14)7-10-18(11-8-16)9-2-12-19/h3-6,12H,2,7-11,13H2,1H3. The summed E-state index contributed by atoms with van der Waals surface area (Å²) in [6, 6.07) is 8.68. The summed E-state index contributed by atoms with van der Waals surface area (Å²) in [4.78, 5) is 12.8. The number of likely N-dealkylation sites (tertiary alicyclic amines) is 1. The number of hydrogen-bond donors (Lipinski definition) is 0. The second-order valence-corrected chi connectivity index (χ2v) is 6.83. The maximum Gasteiger partial charge on any atom is 0.121 e. The number of halogens is 1. The van der Waals surface area contributed by atoms with E-state index in [0.717, 1.165) is 36.8 Å². The Kier molecular flexibility index (Phi) is 5.17. The van der Waals surface area contributed by atoms with Gasteiger partial charge in [0.15, 0.2) is 0 Å². The maximum absolute atomic E-state index is 10.4. The van der Waals surface area contributed by atoms with Crippen LogP contribution in [-0.4, -0.2) is 30.8 Å². The van der Waals surface area contributed by atoms with E-state index >= 15 is 0 Å². The molecule has 1 saturated heterocycles. The predicted molar refractivity (Wildman–Crippen MR) is 82.3 cm³/mol. The molecule has 1 aromatic rings. The third-order valence-corrected chi connectivity index (χ3v) is 4.70. The fraction of sp³-hybridized carbons (Fsp3) is 0.562. The van der Waals surface area contributed by atoms with Crippen molar-refractivity contribution >= 4 is 22.2 Å².